The third-order valence-corrected chi connectivity index (χ3v) is 3.01. The van der Waals surface area contributed by atoms with Gasteiger partial charge < -0.3 is 5.11 Å². The molecule has 1 aliphatic rings. The molecule has 0 aliphatic heterocycles. The second kappa shape index (κ2) is 4.56. The third-order valence-electron chi connectivity index (χ3n) is 3.01. The summed E-state index contributed by atoms with van der Waals surface area (Å²) in [5.74, 6) is 0.866. The summed E-state index contributed by atoms with van der Waals surface area (Å²) in [4.78, 5) is 11.2. The van der Waals surface area contributed by atoms with E-state index in [0.29, 0.717) is 5.92 Å². The molecule has 0 aromatic heterocycles. The van der Waals surface area contributed by atoms with E-state index in [9.17, 15) is 4.79 Å². The van der Waals surface area contributed by atoms with Crippen molar-refractivity contribution in [1.29, 1.82) is 0 Å². The minimum Gasteiger partial charge on any atom is -0.396 e. The number of ketones is 1. The Morgan fingerprint density at radius 3 is 2.92 bits per heavy atom. The fourth-order valence-electron chi connectivity index (χ4n) is 2.04. The van der Waals surface area contributed by atoms with Crippen molar-refractivity contribution in [2.24, 2.45) is 11.8 Å². The summed E-state index contributed by atoms with van der Waals surface area (Å²) >= 11 is 0. The predicted molar refractivity (Wildman–Crippen MR) is 52.4 cm³/mol. The first-order valence-corrected chi connectivity index (χ1v) is 4.94. The van der Waals surface area contributed by atoms with E-state index in [1.54, 1.807) is 6.92 Å². The number of hydrogen-bond donors (Lipinski definition) is 1. The van der Waals surface area contributed by atoms with Crippen LogP contribution in [-0.4, -0.2) is 17.5 Å². The third kappa shape index (κ3) is 2.66. The summed E-state index contributed by atoms with van der Waals surface area (Å²) in [5.41, 5.74) is 1.21. The molecule has 0 saturated heterocycles. The molecule has 0 radical (unpaired) electrons. The Bertz CT molecular complexity index is 208. The summed E-state index contributed by atoms with van der Waals surface area (Å²) in [7, 11) is 0. The number of allylic oxidation sites excluding steroid dienone is 1. The van der Waals surface area contributed by atoms with Gasteiger partial charge >= 0.3 is 0 Å². The van der Waals surface area contributed by atoms with Crippen molar-refractivity contribution in [2.45, 2.75) is 32.6 Å². The van der Waals surface area contributed by atoms with Gasteiger partial charge in [0.25, 0.3) is 0 Å². The molecule has 0 amide bonds. The van der Waals surface area contributed by atoms with Gasteiger partial charge in [0, 0.05) is 12.5 Å². The Balaban J connectivity index is 2.52. The van der Waals surface area contributed by atoms with Gasteiger partial charge in [0.1, 0.15) is 5.78 Å². The molecular weight excluding hydrogens is 164 g/mol. The van der Waals surface area contributed by atoms with Gasteiger partial charge in [0.15, 0.2) is 0 Å². The SMILES string of the molecule is C=C1CC[C@@H](C(C)=O)C[C@H]1CCO. The number of Topliss-reactive ketones (excluding diaryl/α,β-unsaturated/α-hetero) is 1. The van der Waals surface area contributed by atoms with Gasteiger partial charge in [-0.25, -0.2) is 0 Å². The maximum absolute atomic E-state index is 11.2. The lowest BCUT2D eigenvalue weighted by molar-refractivity contribution is -0.121. The molecule has 2 nitrogen and oxygen atoms in total. The van der Waals surface area contributed by atoms with Crippen molar-refractivity contribution in [3.8, 4) is 0 Å². The highest BCUT2D eigenvalue weighted by atomic mass is 16.3. The monoisotopic (exact) mass is 182 g/mol. The Kier molecular flexibility index (Phi) is 3.67. The number of carbonyl (C=O) groups excluding carboxylic acids is 1. The molecule has 1 aliphatic carbocycles. The van der Waals surface area contributed by atoms with Crippen molar-refractivity contribution in [3.63, 3.8) is 0 Å². The first-order valence-electron chi connectivity index (χ1n) is 4.94. The molecule has 1 N–H and O–H groups in total. The Morgan fingerprint density at radius 1 is 1.69 bits per heavy atom. The summed E-state index contributed by atoms with van der Waals surface area (Å²) < 4.78 is 0. The van der Waals surface area contributed by atoms with Crippen LogP contribution >= 0.6 is 0 Å². The molecule has 2 heteroatoms. The van der Waals surface area contributed by atoms with Crippen LogP contribution in [0.5, 0.6) is 0 Å². The van der Waals surface area contributed by atoms with Crippen molar-refractivity contribution < 1.29 is 9.90 Å². The van der Waals surface area contributed by atoms with Gasteiger partial charge in [0.2, 0.25) is 0 Å². The molecular formula is C11H18O2. The van der Waals surface area contributed by atoms with Gasteiger partial charge in [-0.15, -0.1) is 0 Å². The second-order valence-electron chi connectivity index (χ2n) is 3.95. The van der Waals surface area contributed by atoms with E-state index in [1.165, 1.54) is 5.57 Å². The first-order chi connectivity index (χ1) is 6.15. The van der Waals surface area contributed by atoms with Gasteiger partial charge in [-0.1, -0.05) is 12.2 Å². The molecule has 2 atom stereocenters. The fraction of sp³-hybridized carbons (Fsp3) is 0.727. The molecule has 0 aromatic carbocycles. The minimum absolute atomic E-state index is 0.203. The van der Waals surface area contributed by atoms with E-state index < -0.39 is 0 Å². The van der Waals surface area contributed by atoms with Crippen LogP contribution in [0.3, 0.4) is 0 Å². The van der Waals surface area contributed by atoms with E-state index in [1.807, 2.05) is 0 Å². The molecule has 74 valence electrons. The van der Waals surface area contributed by atoms with E-state index in [4.69, 9.17) is 5.11 Å². The van der Waals surface area contributed by atoms with Crippen molar-refractivity contribution in [3.05, 3.63) is 12.2 Å². The van der Waals surface area contributed by atoms with Gasteiger partial charge in [-0.05, 0) is 38.5 Å². The lowest BCUT2D eigenvalue weighted by Crippen LogP contribution is -2.23. The number of rotatable bonds is 3. The number of aliphatic hydroxyl groups is 1. The summed E-state index contributed by atoms with van der Waals surface area (Å²) in [6.07, 6.45) is 3.57. The topological polar surface area (TPSA) is 37.3 Å². The predicted octanol–water partition coefficient (Wildman–Crippen LogP) is 1.93. The average Bonchev–Trinajstić information content (AvgIpc) is 2.08. The van der Waals surface area contributed by atoms with E-state index in [2.05, 4.69) is 6.58 Å². The van der Waals surface area contributed by atoms with Crippen molar-refractivity contribution in [2.75, 3.05) is 6.61 Å². The molecule has 0 unspecified atom stereocenters. The standard InChI is InChI=1S/C11H18O2/c1-8-3-4-11(9(2)13)7-10(8)5-6-12/h10-12H,1,3-7H2,2H3/t10-,11-/m1/s1. The number of carbonyl (C=O) groups is 1. The maximum Gasteiger partial charge on any atom is 0.132 e. The quantitative estimate of drug-likeness (QED) is 0.677. The number of aliphatic hydroxyl groups excluding tert-OH is 1. The van der Waals surface area contributed by atoms with Crippen molar-refractivity contribution >= 4 is 5.78 Å². The van der Waals surface area contributed by atoms with Crippen LogP contribution in [0.15, 0.2) is 12.2 Å². The van der Waals surface area contributed by atoms with Crippen LogP contribution < -0.4 is 0 Å². The molecule has 0 spiro atoms. The highest BCUT2D eigenvalue weighted by molar-refractivity contribution is 5.78. The van der Waals surface area contributed by atoms with Crippen LogP contribution in [0.1, 0.15) is 32.6 Å². The van der Waals surface area contributed by atoms with E-state index >= 15 is 0 Å². The normalized spacial score (nSPS) is 28.9. The highest BCUT2D eigenvalue weighted by Crippen LogP contribution is 2.34. The Labute approximate surface area is 79.6 Å². The summed E-state index contributed by atoms with van der Waals surface area (Å²) in [5, 5.41) is 8.84. The Hall–Kier alpha value is -0.630. The van der Waals surface area contributed by atoms with Crippen LogP contribution in [0, 0.1) is 11.8 Å². The largest absolute Gasteiger partial charge is 0.396 e. The lowest BCUT2D eigenvalue weighted by atomic mass is 9.76. The molecule has 1 saturated carbocycles. The summed E-state index contributed by atoms with van der Waals surface area (Å²) in [6.45, 7) is 5.85. The molecule has 0 aromatic rings. The van der Waals surface area contributed by atoms with Crippen LogP contribution in [0.4, 0.5) is 0 Å². The molecule has 1 fully saturated rings. The zero-order valence-corrected chi connectivity index (χ0v) is 8.25. The van der Waals surface area contributed by atoms with Crippen LogP contribution in [0.25, 0.3) is 0 Å². The average molecular weight is 182 g/mol. The zero-order valence-electron chi connectivity index (χ0n) is 8.25. The minimum atomic E-state index is 0.203. The van der Waals surface area contributed by atoms with Gasteiger partial charge in [-0.3, -0.25) is 4.79 Å². The molecule has 13 heavy (non-hydrogen) atoms. The smallest absolute Gasteiger partial charge is 0.132 e. The lowest BCUT2D eigenvalue weighted by Gasteiger charge is -2.29. The maximum atomic E-state index is 11.2. The van der Waals surface area contributed by atoms with Crippen LogP contribution in [-0.2, 0) is 4.79 Å². The fourth-order valence-corrected chi connectivity index (χ4v) is 2.04. The van der Waals surface area contributed by atoms with Crippen LogP contribution in [0.2, 0.25) is 0 Å². The highest BCUT2D eigenvalue weighted by Gasteiger charge is 2.26. The number of hydrogen-bond acceptors (Lipinski definition) is 2. The summed E-state index contributed by atoms with van der Waals surface area (Å²) in [6, 6.07) is 0. The molecule has 1 rings (SSSR count). The van der Waals surface area contributed by atoms with E-state index in [0.717, 1.165) is 25.7 Å². The second-order valence-corrected chi connectivity index (χ2v) is 3.95. The van der Waals surface area contributed by atoms with Crippen molar-refractivity contribution in [1.82, 2.24) is 0 Å². The first kappa shape index (κ1) is 10.5. The molecule has 0 bridgehead atoms. The Morgan fingerprint density at radius 2 is 2.38 bits per heavy atom. The van der Waals surface area contributed by atoms with Gasteiger partial charge in [0.05, 0.1) is 0 Å². The zero-order chi connectivity index (χ0) is 9.84. The molecule has 0 heterocycles. The van der Waals surface area contributed by atoms with Gasteiger partial charge in [-0.2, -0.15) is 0 Å². The van der Waals surface area contributed by atoms with E-state index in [-0.39, 0.29) is 18.3 Å².